The van der Waals surface area contributed by atoms with Crippen molar-refractivity contribution in [2.24, 2.45) is 7.05 Å². The van der Waals surface area contributed by atoms with E-state index in [2.05, 4.69) is 22.1 Å². The number of hydrogen-bond donors (Lipinski definition) is 0. The van der Waals surface area contributed by atoms with Crippen molar-refractivity contribution < 1.29 is 9.13 Å². The Bertz CT molecular complexity index is 1640. The van der Waals surface area contributed by atoms with Gasteiger partial charge >= 0.3 is 0 Å². The summed E-state index contributed by atoms with van der Waals surface area (Å²) in [6, 6.07) is 25.2. The fourth-order valence-corrected chi connectivity index (χ4v) is 4.29. The zero-order chi connectivity index (χ0) is 25.1. The van der Waals surface area contributed by atoms with Gasteiger partial charge in [0.15, 0.2) is 0 Å². The van der Waals surface area contributed by atoms with E-state index in [9.17, 15) is 5.26 Å². The van der Waals surface area contributed by atoms with Crippen molar-refractivity contribution >= 4 is 10.9 Å². The molecule has 3 aromatic carbocycles. The van der Waals surface area contributed by atoms with E-state index in [-0.39, 0.29) is 6.61 Å². The van der Waals surface area contributed by atoms with E-state index in [0.29, 0.717) is 33.7 Å². The summed E-state index contributed by atoms with van der Waals surface area (Å²) >= 11 is 0. The summed E-state index contributed by atoms with van der Waals surface area (Å²) in [5, 5.41) is 19.6. The molecule has 2 aromatic heterocycles. The first-order valence-corrected chi connectivity index (χ1v) is 11.2. The van der Waals surface area contributed by atoms with Crippen LogP contribution in [0.4, 0.5) is 4.39 Å². The molecule has 0 aliphatic carbocycles. The molecule has 0 aliphatic heterocycles. The summed E-state index contributed by atoms with van der Waals surface area (Å²) in [4.78, 5) is 8.62. The van der Waals surface area contributed by atoms with E-state index < -0.39 is 5.67 Å². The first-order valence-electron chi connectivity index (χ1n) is 11.2. The van der Waals surface area contributed by atoms with Crippen LogP contribution in [0.1, 0.15) is 22.4 Å². The van der Waals surface area contributed by atoms with Crippen LogP contribution >= 0.6 is 0 Å². The highest BCUT2D eigenvalue weighted by molar-refractivity contribution is 5.95. The molecule has 6 nitrogen and oxygen atoms in total. The van der Waals surface area contributed by atoms with Crippen molar-refractivity contribution in [3.05, 3.63) is 114 Å². The number of para-hydroxylation sites is 1. The summed E-state index contributed by atoms with van der Waals surface area (Å²) in [5.41, 5.74) is 1.67. The highest BCUT2D eigenvalue weighted by Gasteiger charge is 2.38. The third-order valence-electron chi connectivity index (χ3n) is 6.15. The fraction of sp³-hybridized carbons (Fsp3) is 0.103. The average molecular weight is 474 g/mol. The van der Waals surface area contributed by atoms with Crippen LogP contribution in [0.25, 0.3) is 22.0 Å². The molecule has 5 aromatic rings. The second-order valence-corrected chi connectivity index (χ2v) is 8.37. The predicted octanol–water partition coefficient (Wildman–Crippen LogP) is 5.67. The topological polar surface area (TPSA) is 87.5 Å². The Morgan fingerprint density at radius 1 is 0.944 bits per heavy atom. The monoisotopic (exact) mass is 473 g/mol. The molecule has 1 atom stereocenters. The molecular weight excluding hydrogens is 453 g/mol. The molecule has 174 valence electrons. The zero-order valence-corrected chi connectivity index (χ0v) is 19.4. The molecule has 0 spiro atoms. The second-order valence-electron chi connectivity index (χ2n) is 8.37. The molecule has 0 saturated carbocycles. The lowest BCUT2D eigenvalue weighted by Gasteiger charge is -2.27. The minimum absolute atomic E-state index is 0.314. The molecule has 0 saturated heterocycles. The number of nitrogens with zero attached hydrogens (tertiary/aromatic N) is 5. The molecule has 0 fully saturated rings. The highest BCUT2D eigenvalue weighted by Crippen LogP contribution is 2.39. The third-order valence-corrected chi connectivity index (χ3v) is 6.15. The van der Waals surface area contributed by atoms with Crippen LogP contribution in [0, 0.1) is 22.7 Å². The summed E-state index contributed by atoms with van der Waals surface area (Å²) in [6.45, 7) is -0.352. The van der Waals surface area contributed by atoms with Crippen LogP contribution in [0.15, 0.2) is 91.5 Å². The molecule has 7 heteroatoms. The molecule has 5 rings (SSSR count). The normalized spacial score (nSPS) is 12.4. The van der Waals surface area contributed by atoms with E-state index in [1.54, 1.807) is 60.3 Å². The van der Waals surface area contributed by atoms with Crippen LogP contribution in [0.5, 0.6) is 5.75 Å². The molecule has 0 N–H and O–H groups in total. The summed E-state index contributed by atoms with van der Waals surface area (Å²) in [5.74, 6) is 0.421. The van der Waals surface area contributed by atoms with Crippen molar-refractivity contribution in [3.8, 4) is 29.0 Å². The van der Waals surface area contributed by atoms with E-state index in [1.165, 1.54) is 12.5 Å². The summed E-state index contributed by atoms with van der Waals surface area (Å²) < 4.78 is 24.7. The minimum atomic E-state index is -2.05. The quantitative estimate of drug-likeness (QED) is 0.317. The number of rotatable bonds is 6. The van der Waals surface area contributed by atoms with Gasteiger partial charge in [-0.1, -0.05) is 36.4 Å². The predicted molar refractivity (Wildman–Crippen MR) is 134 cm³/mol. The first kappa shape index (κ1) is 22.8. The number of ether oxygens (including phenoxy) is 1. The van der Waals surface area contributed by atoms with Gasteiger partial charge in [-0.05, 0) is 42.0 Å². The molecule has 0 amide bonds. The van der Waals surface area contributed by atoms with Gasteiger partial charge in [-0.3, -0.25) is 4.98 Å². The lowest BCUT2D eigenvalue weighted by Crippen LogP contribution is -2.32. The van der Waals surface area contributed by atoms with Gasteiger partial charge in [-0.2, -0.15) is 10.5 Å². The number of benzene rings is 3. The van der Waals surface area contributed by atoms with Crippen molar-refractivity contribution in [2.45, 2.75) is 5.67 Å². The van der Waals surface area contributed by atoms with E-state index in [0.717, 1.165) is 16.5 Å². The van der Waals surface area contributed by atoms with Gasteiger partial charge in [0, 0.05) is 29.8 Å². The molecular formula is C29H20FN5O. The number of halogens is 1. The highest BCUT2D eigenvalue weighted by atomic mass is 19.1. The SMILES string of the molecule is Cn1cncc1C(F)(COc1ccc(C#N)cc1-c1cccc2cccnc12)c1ccc(C#N)cc1. The number of fused-ring (bicyclic) bond motifs is 1. The Kier molecular flexibility index (Phi) is 5.90. The number of alkyl halides is 1. The number of aromatic nitrogens is 3. The molecule has 0 bridgehead atoms. The van der Waals surface area contributed by atoms with Crippen LogP contribution in [-0.2, 0) is 12.7 Å². The molecule has 2 heterocycles. The molecule has 0 aliphatic rings. The van der Waals surface area contributed by atoms with Gasteiger partial charge in [0.2, 0.25) is 5.67 Å². The molecule has 0 radical (unpaired) electrons. The second kappa shape index (κ2) is 9.32. The van der Waals surface area contributed by atoms with E-state index in [1.807, 2.05) is 30.3 Å². The van der Waals surface area contributed by atoms with Crippen LogP contribution < -0.4 is 4.74 Å². The summed E-state index contributed by atoms with van der Waals surface area (Å²) in [7, 11) is 1.72. The van der Waals surface area contributed by atoms with Crippen molar-refractivity contribution in [1.82, 2.24) is 14.5 Å². The fourth-order valence-electron chi connectivity index (χ4n) is 4.29. The average Bonchev–Trinajstić information content (AvgIpc) is 3.38. The number of nitriles is 2. The molecule has 36 heavy (non-hydrogen) atoms. The van der Waals surface area contributed by atoms with Crippen LogP contribution in [0.3, 0.4) is 0 Å². The maximum absolute atomic E-state index is 16.9. The maximum Gasteiger partial charge on any atom is 0.210 e. The van der Waals surface area contributed by atoms with E-state index in [4.69, 9.17) is 10.00 Å². The Balaban J connectivity index is 1.59. The lowest BCUT2D eigenvalue weighted by atomic mass is 9.92. The van der Waals surface area contributed by atoms with Gasteiger partial charge in [-0.25, -0.2) is 9.37 Å². The Hall–Kier alpha value is -5.01. The van der Waals surface area contributed by atoms with Crippen LogP contribution in [0.2, 0.25) is 0 Å². The van der Waals surface area contributed by atoms with Gasteiger partial charge < -0.3 is 9.30 Å². The van der Waals surface area contributed by atoms with Gasteiger partial charge in [0.25, 0.3) is 0 Å². The number of hydrogen-bond acceptors (Lipinski definition) is 5. The summed E-state index contributed by atoms with van der Waals surface area (Å²) in [6.07, 6.45) is 4.71. The minimum Gasteiger partial charge on any atom is -0.489 e. The first-order chi connectivity index (χ1) is 17.5. The number of imidazole rings is 1. The standard InChI is InChI=1S/C29H20FN5O/c1-35-19-33-17-27(35)29(30,23-10-7-20(15-31)8-11-23)18-36-26-12-9-21(16-32)14-25(26)24-6-2-4-22-5-3-13-34-28(22)24/h2-14,17,19H,18H2,1H3. The third kappa shape index (κ3) is 4.04. The van der Waals surface area contributed by atoms with Crippen molar-refractivity contribution in [3.63, 3.8) is 0 Å². The largest absolute Gasteiger partial charge is 0.489 e. The van der Waals surface area contributed by atoms with Crippen LogP contribution in [-0.4, -0.2) is 21.1 Å². The maximum atomic E-state index is 16.9. The Morgan fingerprint density at radius 3 is 2.42 bits per heavy atom. The Labute approximate surface area is 207 Å². The Morgan fingerprint density at radius 2 is 1.69 bits per heavy atom. The van der Waals surface area contributed by atoms with E-state index >= 15 is 4.39 Å². The smallest absolute Gasteiger partial charge is 0.210 e. The zero-order valence-electron chi connectivity index (χ0n) is 19.4. The van der Waals surface area contributed by atoms with Gasteiger partial charge in [0.05, 0.1) is 47.0 Å². The van der Waals surface area contributed by atoms with Crippen molar-refractivity contribution in [1.29, 1.82) is 10.5 Å². The number of pyridine rings is 1. The number of aryl methyl sites for hydroxylation is 1. The van der Waals surface area contributed by atoms with Gasteiger partial charge in [-0.15, -0.1) is 0 Å². The molecule has 1 unspecified atom stereocenters. The van der Waals surface area contributed by atoms with Gasteiger partial charge in [0.1, 0.15) is 12.4 Å². The van der Waals surface area contributed by atoms with Crippen molar-refractivity contribution in [2.75, 3.05) is 6.61 Å². The lowest BCUT2D eigenvalue weighted by molar-refractivity contribution is 0.115.